The standard InChI is InChI=1S/C11H10F3IN2O2/c12-11(13,14)8-4-3-6(15)9(16-8)17-5-1-2-7(17)10(18)19/h3-4,7H,1-2,5H2,(H,18,19). The average Bonchev–Trinajstić information content (AvgIpc) is 2.76. The minimum Gasteiger partial charge on any atom is -0.480 e. The van der Waals surface area contributed by atoms with Crippen LogP contribution >= 0.6 is 22.6 Å². The summed E-state index contributed by atoms with van der Waals surface area (Å²) in [4.78, 5) is 16.1. The zero-order valence-corrected chi connectivity index (χ0v) is 11.8. The molecular formula is C11H10F3IN2O2. The predicted octanol–water partition coefficient (Wildman–Crippen LogP) is 2.76. The molecule has 0 bridgehead atoms. The van der Waals surface area contributed by atoms with E-state index in [2.05, 4.69) is 4.98 Å². The number of carboxylic acid groups (broad SMARTS) is 1. The number of halogens is 4. The number of pyridine rings is 1. The Morgan fingerprint density at radius 2 is 2.16 bits per heavy atom. The van der Waals surface area contributed by atoms with Gasteiger partial charge in [-0.05, 0) is 47.6 Å². The van der Waals surface area contributed by atoms with E-state index in [0.717, 1.165) is 6.07 Å². The van der Waals surface area contributed by atoms with Gasteiger partial charge in [0.15, 0.2) is 0 Å². The van der Waals surface area contributed by atoms with Crippen LogP contribution in [-0.4, -0.2) is 28.6 Å². The van der Waals surface area contributed by atoms with E-state index in [-0.39, 0.29) is 5.82 Å². The summed E-state index contributed by atoms with van der Waals surface area (Å²) in [6, 6.07) is 1.41. The van der Waals surface area contributed by atoms with Gasteiger partial charge in [0.1, 0.15) is 17.6 Å². The van der Waals surface area contributed by atoms with Crippen molar-refractivity contribution in [2.45, 2.75) is 25.1 Å². The number of alkyl halides is 3. The van der Waals surface area contributed by atoms with Crippen LogP contribution in [0.3, 0.4) is 0 Å². The van der Waals surface area contributed by atoms with Gasteiger partial charge in [0.05, 0.1) is 3.57 Å². The van der Waals surface area contributed by atoms with Crippen molar-refractivity contribution in [2.75, 3.05) is 11.4 Å². The first-order valence-electron chi connectivity index (χ1n) is 5.54. The lowest BCUT2D eigenvalue weighted by Crippen LogP contribution is -2.37. The molecule has 1 aliphatic rings. The number of hydrogen-bond acceptors (Lipinski definition) is 3. The van der Waals surface area contributed by atoms with E-state index in [1.807, 2.05) is 22.6 Å². The van der Waals surface area contributed by atoms with Crippen LogP contribution in [0.2, 0.25) is 0 Å². The highest BCUT2D eigenvalue weighted by Crippen LogP contribution is 2.33. The minimum atomic E-state index is -4.53. The van der Waals surface area contributed by atoms with Gasteiger partial charge < -0.3 is 10.0 Å². The summed E-state index contributed by atoms with van der Waals surface area (Å²) < 4.78 is 38.4. The second-order valence-corrected chi connectivity index (χ2v) is 5.35. The lowest BCUT2D eigenvalue weighted by molar-refractivity contribution is -0.141. The summed E-state index contributed by atoms with van der Waals surface area (Å²) in [5.41, 5.74) is -1.00. The second kappa shape index (κ2) is 5.14. The van der Waals surface area contributed by atoms with Crippen LogP contribution in [0, 0.1) is 3.57 Å². The lowest BCUT2D eigenvalue weighted by Gasteiger charge is -2.24. The van der Waals surface area contributed by atoms with Gasteiger partial charge in [-0.25, -0.2) is 9.78 Å². The van der Waals surface area contributed by atoms with E-state index >= 15 is 0 Å². The van der Waals surface area contributed by atoms with E-state index < -0.39 is 23.9 Å². The molecule has 0 saturated carbocycles. The van der Waals surface area contributed by atoms with Gasteiger partial charge in [0.25, 0.3) is 0 Å². The Bertz CT molecular complexity index is 507. The number of carboxylic acids is 1. The third-order valence-corrected chi connectivity index (χ3v) is 3.77. The van der Waals surface area contributed by atoms with Crippen molar-refractivity contribution < 1.29 is 23.1 Å². The molecular weight excluding hydrogens is 376 g/mol. The Balaban J connectivity index is 2.41. The number of aliphatic carboxylic acids is 1. The third-order valence-electron chi connectivity index (χ3n) is 2.93. The maximum Gasteiger partial charge on any atom is 0.433 e. The highest BCUT2D eigenvalue weighted by Gasteiger charge is 2.36. The molecule has 0 radical (unpaired) electrons. The van der Waals surface area contributed by atoms with Crippen molar-refractivity contribution in [3.05, 3.63) is 21.4 Å². The molecule has 2 heterocycles. The first-order chi connectivity index (χ1) is 8.80. The Hall–Kier alpha value is -1.06. The number of rotatable bonds is 2. The smallest absolute Gasteiger partial charge is 0.433 e. The fourth-order valence-electron chi connectivity index (χ4n) is 2.07. The second-order valence-electron chi connectivity index (χ2n) is 4.19. The molecule has 1 aromatic heterocycles. The Morgan fingerprint density at radius 3 is 2.74 bits per heavy atom. The molecule has 1 aromatic rings. The summed E-state index contributed by atoms with van der Waals surface area (Å²) in [5.74, 6) is -0.937. The van der Waals surface area contributed by atoms with Crippen LogP contribution in [0.5, 0.6) is 0 Å². The molecule has 4 nitrogen and oxygen atoms in total. The topological polar surface area (TPSA) is 53.4 Å². The van der Waals surface area contributed by atoms with Crippen LogP contribution in [-0.2, 0) is 11.0 Å². The third kappa shape index (κ3) is 2.93. The van der Waals surface area contributed by atoms with Crippen LogP contribution in [0.1, 0.15) is 18.5 Å². The normalized spacial score (nSPS) is 19.8. The molecule has 1 saturated heterocycles. The molecule has 1 aliphatic heterocycles. The molecule has 0 amide bonds. The molecule has 1 unspecified atom stereocenters. The van der Waals surface area contributed by atoms with Gasteiger partial charge in [-0.1, -0.05) is 0 Å². The summed E-state index contributed by atoms with van der Waals surface area (Å²) in [5, 5.41) is 9.07. The molecule has 1 atom stereocenters. The monoisotopic (exact) mass is 386 g/mol. The molecule has 19 heavy (non-hydrogen) atoms. The van der Waals surface area contributed by atoms with Crippen LogP contribution in [0.15, 0.2) is 12.1 Å². The number of hydrogen-bond donors (Lipinski definition) is 1. The number of anilines is 1. The number of carbonyl (C=O) groups is 1. The van der Waals surface area contributed by atoms with Crippen molar-refractivity contribution in [3.8, 4) is 0 Å². The van der Waals surface area contributed by atoms with Gasteiger partial charge in [-0.3, -0.25) is 0 Å². The number of nitrogens with zero attached hydrogens (tertiary/aromatic N) is 2. The zero-order chi connectivity index (χ0) is 14.2. The van der Waals surface area contributed by atoms with Gasteiger partial charge in [-0.2, -0.15) is 13.2 Å². The minimum absolute atomic E-state index is 0.0975. The molecule has 2 rings (SSSR count). The summed E-state index contributed by atoms with van der Waals surface area (Å²) in [7, 11) is 0. The molecule has 0 aromatic carbocycles. The van der Waals surface area contributed by atoms with E-state index in [0.29, 0.717) is 23.0 Å². The van der Waals surface area contributed by atoms with E-state index in [9.17, 15) is 18.0 Å². The van der Waals surface area contributed by atoms with Crippen LogP contribution < -0.4 is 4.90 Å². The fourth-order valence-corrected chi connectivity index (χ4v) is 2.68. The van der Waals surface area contributed by atoms with E-state index in [1.54, 1.807) is 0 Å². The highest BCUT2D eigenvalue weighted by atomic mass is 127. The van der Waals surface area contributed by atoms with Crippen molar-refractivity contribution >= 4 is 34.4 Å². The fraction of sp³-hybridized carbons (Fsp3) is 0.455. The summed E-state index contributed by atoms with van der Waals surface area (Å²) in [6.07, 6.45) is -3.48. The first-order valence-corrected chi connectivity index (χ1v) is 6.62. The van der Waals surface area contributed by atoms with Crippen molar-refractivity contribution in [2.24, 2.45) is 0 Å². The van der Waals surface area contributed by atoms with Crippen LogP contribution in [0.4, 0.5) is 19.0 Å². The largest absolute Gasteiger partial charge is 0.480 e. The maximum atomic E-state index is 12.6. The van der Waals surface area contributed by atoms with Gasteiger partial charge in [-0.15, -0.1) is 0 Å². The van der Waals surface area contributed by atoms with Crippen LogP contribution in [0.25, 0.3) is 0 Å². The highest BCUT2D eigenvalue weighted by molar-refractivity contribution is 14.1. The quantitative estimate of drug-likeness (QED) is 0.795. The Kier molecular flexibility index (Phi) is 3.88. The molecule has 0 spiro atoms. The molecule has 8 heteroatoms. The van der Waals surface area contributed by atoms with Gasteiger partial charge in [0.2, 0.25) is 0 Å². The van der Waals surface area contributed by atoms with E-state index in [1.165, 1.54) is 11.0 Å². The SMILES string of the molecule is O=C(O)C1CCCN1c1nc(C(F)(F)F)ccc1I. The van der Waals surface area contributed by atoms with Crippen molar-refractivity contribution in [3.63, 3.8) is 0 Å². The summed E-state index contributed by atoms with van der Waals surface area (Å²) in [6.45, 7) is 0.404. The van der Waals surface area contributed by atoms with Crippen molar-refractivity contribution in [1.29, 1.82) is 0 Å². The molecule has 1 fully saturated rings. The molecule has 0 aliphatic carbocycles. The first kappa shape index (κ1) is 14.4. The lowest BCUT2D eigenvalue weighted by atomic mass is 10.2. The molecule has 104 valence electrons. The zero-order valence-electron chi connectivity index (χ0n) is 9.62. The Morgan fingerprint density at radius 1 is 1.47 bits per heavy atom. The number of aromatic nitrogens is 1. The maximum absolute atomic E-state index is 12.6. The van der Waals surface area contributed by atoms with Gasteiger partial charge in [0, 0.05) is 6.54 Å². The van der Waals surface area contributed by atoms with Crippen molar-refractivity contribution in [1.82, 2.24) is 4.98 Å². The Labute approximate surface area is 120 Å². The predicted molar refractivity (Wildman–Crippen MR) is 70.0 cm³/mol. The average molecular weight is 386 g/mol. The van der Waals surface area contributed by atoms with Gasteiger partial charge >= 0.3 is 12.1 Å². The summed E-state index contributed by atoms with van der Waals surface area (Å²) >= 11 is 1.86. The van der Waals surface area contributed by atoms with E-state index in [4.69, 9.17) is 5.11 Å². The molecule has 1 N–H and O–H groups in total.